The van der Waals surface area contributed by atoms with E-state index in [0.717, 1.165) is 12.1 Å². The number of pyridine rings is 1. The van der Waals surface area contributed by atoms with E-state index in [9.17, 15) is 22.8 Å². The summed E-state index contributed by atoms with van der Waals surface area (Å²) in [6.07, 6.45) is -4.74. The van der Waals surface area contributed by atoms with Gasteiger partial charge in [-0.15, -0.1) is 0 Å². The predicted molar refractivity (Wildman–Crippen MR) is 43.3 cm³/mol. The van der Waals surface area contributed by atoms with Crippen molar-refractivity contribution in [1.82, 2.24) is 4.57 Å². The third-order valence-corrected chi connectivity index (χ3v) is 1.63. The van der Waals surface area contributed by atoms with Crippen molar-refractivity contribution >= 4 is 5.97 Å². The van der Waals surface area contributed by atoms with Crippen LogP contribution in [0.25, 0.3) is 0 Å². The smallest absolute Gasteiger partial charge is 0.431 e. The number of nitrogens with zero attached hydrogens (tertiary/aromatic N) is 1. The number of hydrogen-bond acceptors (Lipinski definition) is 2. The first kappa shape index (κ1) is 11.3. The second kappa shape index (κ2) is 3.76. The van der Waals surface area contributed by atoms with Gasteiger partial charge in [-0.25, -0.2) is 0 Å². The molecule has 0 radical (unpaired) electrons. The zero-order chi connectivity index (χ0) is 11.6. The molecule has 0 saturated carbocycles. The van der Waals surface area contributed by atoms with Crippen LogP contribution in [0.5, 0.6) is 0 Å². The van der Waals surface area contributed by atoms with Crippen LogP contribution in [0.1, 0.15) is 5.69 Å². The minimum Gasteiger partial charge on any atom is -0.480 e. The molecule has 1 rings (SSSR count). The van der Waals surface area contributed by atoms with Crippen molar-refractivity contribution in [1.29, 1.82) is 0 Å². The summed E-state index contributed by atoms with van der Waals surface area (Å²) in [5, 5.41) is 8.35. The molecule has 15 heavy (non-hydrogen) atoms. The summed E-state index contributed by atoms with van der Waals surface area (Å²) in [5.74, 6) is -1.51. The fraction of sp³-hybridized carbons (Fsp3) is 0.250. The molecule has 0 amide bonds. The number of alkyl halides is 3. The number of aromatic nitrogens is 1. The Hall–Kier alpha value is -1.79. The van der Waals surface area contributed by atoms with Gasteiger partial charge in [0.2, 0.25) is 0 Å². The molecule has 82 valence electrons. The van der Waals surface area contributed by atoms with Gasteiger partial charge >= 0.3 is 12.1 Å². The molecule has 0 spiro atoms. The van der Waals surface area contributed by atoms with Crippen LogP contribution < -0.4 is 5.56 Å². The van der Waals surface area contributed by atoms with Crippen LogP contribution in [0.3, 0.4) is 0 Å². The number of carboxylic acids is 1. The average Bonchev–Trinajstić information content (AvgIpc) is 2.05. The lowest BCUT2D eigenvalue weighted by atomic mass is 10.3. The number of rotatable bonds is 2. The Kier molecular flexibility index (Phi) is 2.83. The summed E-state index contributed by atoms with van der Waals surface area (Å²) in [7, 11) is 0. The van der Waals surface area contributed by atoms with Crippen molar-refractivity contribution in [3.63, 3.8) is 0 Å². The molecule has 0 unspecified atom stereocenters. The molecule has 0 aliphatic heterocycles. The number of hydrogen-bond donors (Lipinski definition) is 1. The molecule has 0 aliphatic carbocycles. The van der Waals surface area contributed by atoms with Gasteiger partial charge in [-0.3, -0.25) is 14.2 Å². The molecular formula is C8H6F3NO3. The second-order valence-corrected chi connectivity index (χ2v) is 2.73. The van der Waals surface area contributed by atoms with Crippen LogP contribution in [0.15, 0.2) is 23.0 Å². The molecule has 4 nitrogen and oxygen atoms in total. The van der Waals surface area contributed by atoms with E-state index in [2.05, 4.69) is 0 Å². The van der Waals surface area contributed by atoms with E-state index in [0.29, 0.717) is 6.07 Å². The molecule has 0 bridgehead atoms. The summed E-state index contributed by atoms with van der Waals surface area (Å²) >= 11 is 0. The first-order valence-electron chi connectivity index (χ1n) is 3.81. The van der Waals surface area contributed by atoms with Crippen LogP contribution in [-0.4, -0.2) is 15.6 Å². The largest absolute Gasteiger partial charge is 0.480 e. The maximum absolute atomic E-state index is 12.3. The van der Waals surface area contributed by atoms with E-state index in [4.69, 9.17) is 5.11 Å². The first-order chi connectivity index (χ1) is 6.82. The van der Waals surface area contributed by atoms with E-state index in [1.165, 1.54) is 0 Å². The quantitative estimate of drug-likeness (QED) is 0.808. The molecule has 7 heteroatoms. The van der Waals surface area contributed by atoms with Crippen molar-refractivity contribution in [2.24, 2.45) is 0 Å². The first-order valence-corrected chi connectivity index (χ1v) is 3.81. The fourth-order valence-corrected chi connectivity index (χ4v) is 1.07. The fourth-order valence-electron chi connectivity index (χ4n) is 1.07. The summed E-state index contributed by atoms with van der Waals surface area (Å²) in [4.78, 5) is 21.3. The van der Waals surface area contributed by atoms with Crippen LogP contribution in [-0.2, 0) is 17.5 Å². The Bertz CT molecular complexity index is 435. The number of aliphatic carboxylic acids is 1. The van der Waals surface area contributed by atoms with Crippen molar-refractivity contribution in [2.45, 2.75) is 12.7 Å². The van der Waals surface area contributed by atoms with Crippen molar-refractivity contribution < 1.29 is 23.1 Å². The normalized spacial score (nSPS) is 11.4. The van der Waals surface area contributed by atoms with Gasteiger partial charge in [-0.2, -0.15) is 13.2 Å². The van der Waals surface area contributed by atoms with E-state index < -0.39 is 29.9 Å². The topological polar surface area (TPSA) is 59.3 Å². The number of carboxylic acid groups (broad SMARTS) is 1. The summed E-state index contributed by atoms with van der Waals surface area (Å²) in [6.45, 7) is -1.01. The maximum atomic E-state index is 12.3. The molecule has 1 aromatic heterocycles. The zero-order valence-corrected chi connectivity index (χ0v) is 7.28. The maximum Gasteiger partial charge on any atom is 0.431 e. The van der Waals surface area contributed by atoms with Crippen LogP contribution >= 0.6 is 0 Å². The molecule has 0 atom stereocenters. The lowest BCUT2D eigenvalue weighted by molar-refractivity contribution is -0.146. The molecule has 0 fully saturated rings. The monoisotopic (exact) mass is 221 g/mol. The van der Waals surface area contributed by atoms with Crippen LogP contribution in [0.4, 0.5) is 13.2 Å². The number of carbonyl (C=O) groups is 1. The van der Waals surface area contributed by atoms with Crippen LogP contribution in [0, 0.1) is 0 Å². The highest BCUT2D eigenvalue weighted by Gasteiger charge is 2.34. The third kappa shape index (κ3) is 2.58. The van der Waals surface area contributed by atoms with E-state index in [-0.39, 0.29) is 4.57 Å². The Balaban J connectivity index is 3.33. The average molecular weight is 221 g/mol. The van der Waals surface area contributed by atoms with Gasteiger partial charge in [0.1, 0.15) is 12.2 Å². The Morgan fingerprint density at radius 1 is 1.40 bits per heavy atom. The second-order valence-electron chi connectivity index (χ2n) is 2.73. The third-order valence-electron chi connectivity index (χ3n) is 1.63. The standard InChI is InChI=1S/C8H6F3NO3/c9-8(10,11)5-2-1-3-6(13)12(5)4-7(14)15/h1-3H,4H2,(H,14,15). The SMILES string of the molecule is O=C(O)Cn1c(C(F)(F)F)cccc1=O. The van der Waals surface area contributed by atoms with Crippen molar-refractivity contribution in [3.05, 3.63) is 34.2 Å². The Labute approximate surface area is 81.6 Å². The molecule has 1 N–H and O–H groups in total. The summed E-state index contributed by atoms with van der Waals surface area (Å²) in [5.41, 5.74) is -2.26. The molecule has 1 heterocycles. The van der Waals surface area contributed by atoms with Gasteiger partial charge in [0, 0.05) is 6.07 Å². The van der Waals surface area contributed by atoms with E-state index >= 15 is 0 Å². The van der Waals surface area contributed by atoms with Gasteiger partial charge in [0.05, 0.1) is 0 Å². The highest BCUT2D eigenvalue weighted by atomic mass is 19.4. The highest BCUT2D eigenvalue weighted by Crippen LogP contribution is 2.27. The summed E-state index contributed by atoms with van der Waals surface area (Å²) < 4.78 is 37.1. The summed E-state index contributed by atoms with van der Waals surface area (Å²) in [6, 6.07) is 2.46. The molecule has 0 aromatic carbocycles. The highest BCUT2D eigenvalue weighted by molar-refractivity contribution is 5.66. The minimum absolute atomic E-state index is 0.169. The molecule has 0 saturated heterocycles. The van der Waals surface area contributed by atoms with Gasteiger partial charge < -0.3 is 5.11 Å². The van der Waals surface area contributed by atoms with Gasteiger partial charge in [0.15, 0.2) is 0 Å². The molecular weight excluding hydrogens is 215 g/mol. The van der Waals surface area contributed by atoms with Crippen LogP contribution in [0.2, 0.25) is 0 Å². The molecule has 0 aliphatic rings. The van der Waals surface area contributed by atoms with Gasteiger partial charge in [-0.05, 0) is 6.07 Å². The van der Waals surface area contributed by atoms with Crippen molar-refractivity contribution in [2.75, 3.05) is 0 Å². The predicted octanol–water partition coefficient (Wildman–Crippen LogP) is 0.952. The van der Waals surface area contributed by atoms with Gasteiger partial charge in [0.25, 0.3) is 5.56 Å². The zero-order valence-electron chi connectivity index (χ0n) is 7.28. The van der Waals surface area contributed by atoms with Gasteiger partial charge in [-0.1, -0.05) is 6.07 Å². The Morgan fingerprint density at radius 2 is 2.00 bits per heavy atom. The molecule has 1 aromatic rings. The van der Waals surface area contributed by atoms with E-state index in [1.54, 1.807) is 0 Å². The van der Waals surface area contributed by atoms with Crippen molar-refractivity contribution in [3.8, 4) is 0 Å². The Morgan fingerprint density at radius 3 is 2.47 bits per heavy atom. The lowest BCUT2D eigenvalue weighted by Gasteiger charge is -2.12. The lowest BCUT2D eigenvalue weighted by Crippen LogP contribution is -2.29. The minimum atomic E-state index is -4.74. The number of halogens is 3. The van der Waals surface area contributed by atoms with E-state index in [1.807, 2.05) is 0 Å².